The zero-order chi connectivity index (χ0) is 21.5. The Balaban J connectivity index is 1.91. The van der Waals surface area contributed by atoms with Crippen LogP contribution in [0.15, 0.2) is 22.9 Å². The number of hydrogen-bond donors (Lipinski definition) is 0. The second-order valence-electron chi connectivity index (χ2n) is 10.4. The van der Waals surface area contributed by atoms with Crippen LogP contribution in [-0.4, -0.2) is 29.8 Å². The van der Waals surface area contributed by atoms with Gasteiger partial charge in [0.25, 0.3) is 0 Å². The van der Waals surface area contributed by atoms with Gasteiger partial charge in [-0.2, -0.15) is 0 Å². The van der Waals surface area contributed by atoms with Crippen LogP contribution in [0.2, 0.25) is 0 Å². The lowest BCUT2D eigenvalue weighted by Gasteiger charge is -2.44. The molecule has 2 atom stereocenters. The standard InChI is InChI=1S/C25H43BrN2O/c1-7-8-9-10-11-12-13-23(24(2,3)4)25(5,6)29-22-14-15-28(19-22)21-16-20(26)17-27-18-21/h16-18,22-23H,7-15,19H2,1-6H3/t22-,23?/m0/s1. The summed E-state index contributed by atoms with van der Waals surface area (Å²) in [6.45, 7) is 16.1. The van der Waals surface area contributed by atoms with Crippen molar-refractivity contribution in [3.05, 3.63) is 22.9 Å². The van der Waals surface area contributed by atoms with Gasteiger partial charge in [-0.3, -0.25) is 4.98 Å². The van der Waals surface area contributed by atoms with E-state index in [1.54, 1.807) is 0 Å². The summed E-state index contributed by atoms with van der Waals surface area (Å²) >= 11 is 3.54. The van der Waals surface area contributed by atoms with E-state index in [9.17, 15) is 0 Å². The summed E-state index contributed by atoms with van der Waals surface area (Å²) in [6, 6.07) is 2.15. The highest BCUT2D eigenvalue weighted by Gasteiger charge is 2.41. The molecule has 2 rings (SSSR count). The van der Waals surface area contributed by atoms with Crippen molar-refractivity contribution >= 4 is 21.6 Å². The SMILES string of the molecule is CCCCCCCCC(C(C)(C)C)C(C)(C)O[C@H]1CCN(c2cncc(Br)c2)C1. The number of unbranched alkanes of at least 4 members (excludes halogenated alkanes) is 5. The zero-order valence-electron chi connectivity index (χ0n) is 19.6. The van der Waals surface area contributed by atoms with Gasteiger partial charge in [-0.1, -0.05) is 66.2 Å². The third-order valence-electron chi connectivity index (χ3n) is 6.40. The Labute approximate surface area is 188 Å². The molecule has 4 heteroatoms. The number of nitrogens with zero attached hydrogens (tertiary/aromatic N) is 2. The predicted octanol–water partition coefficient (Wildman–Crippen LogP) is 7.63. The van der Waals surface area contributed by atoms with Crippen LogP contribution in [-0.2, 0) is 4.74 Å². The first-order valence-electron chi connectivity index (χ1n) is 11.7. The quantitative estimate of drug-likeness (QED) is 0.313. The van der Waals surface area contributed by atoms with Crippen LogP contribution in [0.25, 0.3) is 0 Å². The smallest absolute Gasteiger partial charge is 0.0774 e. The summed E-state index contributed by atoms with van der Waals surface area (Å²) in [6.07, 6.45) is 14.6. The van der Waals surface area contributed by atoms with Crippen LogP contribution in [0, 0.1) is 11.3 Å². The molecule has 1 aromatic heterocycles. The van der Waals surface area contributed by atoms with Gasteiger partial charge in [-0.15, -0.1) is 0 Å². The molecule has 29 heavy (non-hydrogen) atoms. The number of ether oxygens (including phenoxy) is 1. The van der Waals surface area contributed by atoms with Crippen molar-refractivity contribution in [1.29, 1.82) is 0 Å². The normalized spacial score (nSPS) is 19.0. The Morgan fingerprint density at radius 2 is 1.79 bits per heavy atom. The summed E-state index contributed by atoms with van der Waals surface area (Å²) in [7, 11) is 0. The first-order valence-corrected chi connectivity index (χ1v) is 12.5. The van der Waals surface area contributed by atoms with Crippen LogP contribution in [0.5, 0.6) is 0 Å². The molecule has 0 bridgehead atoms. The predicted molar refractivity (Wildman–Crippen MR) is 129 cm³/mol. The van der Waals surface area contributed by atoms with Gasteiger partial charge in [0.05, 0.1) is 23.6 Å². The van der Waals surface area contributed by atoms with E-state index in [1.165, 1.54) is 50.6 Å². The van der Waals surface area contributed by atoms with Crippen LogP contribution in [0.1, 0.15) is 92.9 Å². The highest BCUT2D eigenvalue weighted by atomic mass is 79.9. The molecule has 1 fully saturated rings. The number of rotatable bonds is 11. The molecule has 1 unspecified atom stereocenters. The van der Waals surface area contributed by atoms with Gasteiger partial charge in [0.15, 0.2) is 0 Å². The van der Waals surface area contributed by atoms with Crippen molar-refractivity contribution < 1.29 is 4.74 Å². The second-order valence-corrected chi connectivity index (χ2v) is 11.3. The number of hydrogen-bond acceptors (Lipinski definition) is 3. The lowest BCUT2D eigenvalue weighted by molar-refractivity contribution is -0.125. The largest absolute Gasteiger partial charge is 0.370 e. The summed E-state index contributed by atoms with van der Waals surface area (Å²) in [5.41, 5.74) is 1.32. The molecule has 0 radical (unpaired) electrons. The monoisotopic (exact) mass is 466 g/mol. The second kappa shape index (κ2) is 11.1. The average Bonchev–Trinajstić information content (AvgIpc) is 3.07. The first kappa shape index (κ1) is 24.7. The van der Waals surface area contributed by atoms with Crippen molar-refractivity contribution in [2.75, 3.05) is 18.0 Å². The zero-order valence-corrected chi connectivity index (χ0v) is 21.2. The third-order valence-corrected chi connectivity index (χ3v) is 6.84. The van der Waals surface area contributed by atoms with Crippen molar-refractivity contribution in [3.8, 4) is 0 Å². The van der Waals surface area contributed by atoms with Crippen molar-refractivity contribution in [2.24, 2.45) is 11.3 Å². The van der Waals surface area contributed by atoms with E-state index in [0.717, 1.165) is 24.0 Å². The molecule has 0 aromatic carbocycles. The average molecular weight is 468 g/mol. The van der Waals surface area contributed by atoms with Crippen LogP contribution in [0.3, 0.4) is 0 Å². The van der Waals surface area contributed by atoms with Gasteiger partial charge in [-0.25, -0.2) is 0 Å². The maximum Gasteiger partial charge on any atom is 0.0774 e. The van der Waals surface area contributed by atoms with E-state index in [1.807, 2.05) is 12.4 Å². The maximum absolute atomic E-state index is 6.79. The third kappa shape index (κ3) is 7.86. The van der Waals surface area contributed by atoms with Gasteiger partial charge in [0.1, 0.15) is 0 Å². The molecule has 1 aliphatic rings. The van der Waals surface area contributed by atoms with E-state index in [4.69, 9.17) is 4.74 Å². The summed E-state index contributed by atoms with van der Waals surface area (Å²) in [5.74, 6) is 0.558. The fourth-order valence-electron chi connectivity index (χ4n) is 5.10. The Morgan fingerprint density at radius 3 is 2.45 bits per heavy atom. The molecule has 0 saturated carbocycles. The molecule has 3 nitrogen and oxygen atoms in total. The van der Waals surface area contributed by atoms with Gasteiger partial charge in [-0.05, 0) is 60.0 Å². The minimum Gasteiger partial charge on any atom is -0.370 e. The molecule has 0 aliphatic carbocycles. The van der Waals surface area contributed by atoms with Crippen LogP contribution < -0.4 is 4.90 Å². The minimum atomic E-state index is -0.113. The van der Waals surface area contributed by atoms with Gasteiger partial charge < -0.3 is 9.64 Å². The number of halogens is 1. The molecule has 1 aromatic rings. The number of aromatic nitrogens is 1. The van der Waals surface area contributed by atoms with Crippen molar-refractivity contribution in [2.45, 2.75) is 105 Å². The topological polar surface area (TPSA) is 25.4 Å². The highest BCUT2D eigenvalue weighted by Crippen LogP contribution is 2.42. The Hall–Kier alpha value is -0.610. The fourth-order valence-corrected chi connectivity index (χ4v) is 5.45. The van der Waals surface area contributed by atoms with E-state index < -0.39 is 0 Å². The van der Waals surface area contributed by atoms with Gasteiger partial charge in [0.2, 0.25) is 0 Å². The van der Waals surface area contributed by atoms with Gasteiger partial charge in [0, 0.05) is 23.8 Å². The first-order chi connectivity index (χ1) is 13.6. The summed E-state index contributed by atoms with van der Waals surface area (Å²) in [4.78, 5) is 6.72. The molecular weight excluding hydrogens is 424 g/mol. The lowest BCUT2D eigenvalue weighted by Crippen LogP contribution is -2.45. The van der Waals surface area contributed by atoms with Crippen LogP contribution >= 0.6 is 15.9 Å². The van der Waals surface area contributed by atoms with Gasteiger partial charge >= 0.3 is 0 Å². The fraction of sp³-hybridized carbons (Fsp3) is 0.800. The lowest BCUT2D eigenvalue weighted by atomic mass is 9.69. The molecule has 0 N–H and O–H groups in total. The summed E-state index contributed by atoms with van der Waals surface area (Å²) in [5, 5.41) is 0. The molecule has 0 amide bonds. The molecular formula is C25H43BrN2O. The van der Waals surface area contributed by atoms with E-state index in [2.05, 4.69) is 73.4 Å². The molecule has 1 saturated heterocycles. The van der Waals surface area contributed by atoms with E-state index in [0.29, 0.717) is 12.0 Å². The minimum absolute atomic E-state index is 0.113. The number of anilines is 1. The molecule has 2 heterocycles. The number of pyridine rings is 1. The Bertz CT molecular complexity index is 611. The molecule has 166 valence electrons. The van der Waals surface area contributed by atoms with Crippen molar-refractivity contribution in [1.82, 2.24) is 4.98 Å². The molecule has 1 aliphatic heterocycles. The van der Waals surface area contributed by atoms with Crippen LogP contribution in [0.4, 0.5) is 5.69 Å². The highest BCUT2D eigenvalue weighted by molar-refractivity contribution is 9.10. The molecule has 0 spiro atoms. The Morgan fingerprint density at radius 1 is 1.10 bits per heavy atom. The van der Waals surface area contributed by atoms with Crippen molar-refractivity contribution in [3.63, 3.8) is 0 Å². The summed E-state index contributed by atoms with van der Waals surface area (Å²) < 4.78 is 7.82. The maximum atomic E-state index is 6.79. The van der Waals surface area contributed by atoms with E-state index >= 15 is 0 Å². The van der Waals surface area contributed by atoms with E-state index in [-0.39, 0.29) is 11.0 Å². The Kier molecular flexibility index (Phi) is 9.47.